The van der Waals surface area contributed by atoms with Crippen LogP contribution in [0.2, 0.25) is 0 Å². The highest BCUT2D eigenvalue weighted by atomic mass is 32.2. The van der Waals surface area contributed by atoms with Crippen LogP contribution in [0.1, 0.15) is 78.4 Å². The smallest absolute Gasteiger partial charge is 0.193 e. The van der Waals surface area contributed by atoms with Crippen LogP contribution in [0.5, 0.6) is 0 Å². The van der Waals surface area contributed by atoms with Crippen molar-refractivity contribution in [3.63, 3.8) is 0 Å². The molecular formula is C23H26O5S2. The van der Waals surface area contributed by atoms with E-state index in [1.54, 1.807) is 38.1 Å². The van der Waals surface area contributed by atoms with Gasteiger partial charge in [0.05, 0.1) is 21.3 Å². The first-order valence-electron chi connectivity index (χ1n) is 10.5. The molecule has 5 nitrogen and oxygen atoms in total. The fraction of sp³-hybridized carbons (Fsp3) is 0.435. The maximum Gasteiger partial charge on any atom is 0.193 e. The van der Waals surface area contributed by atoms with Crippen LogP contribution in [0.4, 0.5) is 0 Å². The van der Waals surface area contributed by atoms with Crippen LogP contribution in [0.25, 0.3) is 0 Å². The summed E-state index contributed by atoms with van der Waals surface area (Å²) in [7, 11) is -6.93. The van der Waals surface area contributed by atoms with Crippen LogP contribution in [0.15, 0.2) is 46.2 Å². The lowest BCUT2D eigenvalue weighted by atomic mass is 9.99. The van der Waals surface area contributed by atoms with E-state index in [-0.39, 0.29) is 50.0 Å². The molecule has 160 valence electrons. The van der Waals surface area contributed by atoms with Crippen molar-refractivity contribution < 1.29 is 21.6 Å². The fourth-order valence-electron chi connectivity index (χ4n) is 3.83. The number of hydrogen-bond donors (Lipinski definition) is 0. The van der Waals surface area contributed by atoms with Gasteiger partial charge in [-0.05, 0) is 60.8 Å². The van der Waals surface area contributed by atoms with Gasteiger partial charge in [0.1, 0.15) is 0 Å². The third-order valence-electron chi connectivity index (χ3n) is 6.02. The average molecular weight is 447 g/mol. The first-order chi connectivity index (χ1) is 14.2. The molecule has 4 rings (SSSR count). The Bertz CT molecular complexity index is 1120. The molecule has 0 bridgehead atoms. The number of carbonyl (C=O) groups excluding carboxylic acids is 1. The standard InChI is InChI=1S/C23H26O5S2/c1-3-29(25,26)21-13-17(9-11-19(21)15-5-6-15)23(24)18-10-12-20(16-7-8-16)22(14-18)30(27,28)4-2/h9-16H,3-8H2,1-2H3. The van der Waals surface area contributed by atoms with E-state index < -0.39 is 19.7 Å². The molecule has 0 spiro atoms. The lowest BCUT2D eigenvalue weighted by Crippen LogP contribution is -2.12. The molecule has 0 amide bonds. The van der Waals surface area contributed by atoms with Crippen molar-refractivity contribution in [3.8, 4) is 0 Å². The van der Waals surface area contributed by atoms with Gasteiger partial charge in [-0.25, -0.2) is 16.8 Å². The normalized spacial score (nSPS) is 17.1. The zero-order valence-corrected chi connectivity index (χ0v) is 18.9. The third-order valence-corrected chi connectivity index (χ3v) is 9.58. The molecule has 0 atom stereocenters. The Balaban J connectivity index is 1.78. The number of hydrogen-bond acceptors (Lipinski definition) is 5. The predicted octanol–water partition coefficient (Wildman–Crippen LogP) is 4.26. The van der Waals surface area contributed by atoms with Crippen LogP contribution in [-0.4, -0.2) is 34.1 Å². The third kappa shape index (κ3) is 3.97. The number of benzene rings is 2. The predicted molar refractivity (Wildman–Crippen MR) is 116 cm³/mol. The Morgan fingerprint density at radius 1 is 0.733 bits per heavy atom. The van der Waals surface area contributed by atoms with Gasteiger partial charge >= 0.3 is 0 Å². The van der Waals surface area contributed by atoms with E-state index in [9.17, 15) is 21.6 Å². The van der Waals surface area contributed by atoms with E-state index in [2.05, 4.69) is 0 Å². The lowest BCUT2D eigenvalue weighted by Gasteiger charge is -2.13. The van der Waals surface area contributed by atoms with Crippen molar-refractivity contribution in [2.45, 2.75) is 61.2 Å². The fourth-order valence-corrected chi connectivity index (χ4v) is 6.25. The molecule has 2 aromatic carbocycles. The number of carbonyl (C=O) groups is 1. The maximum atomic E-state index is 13.2. The van der Waals surface area contributed by atoms with Crippen molar-refractivity contribution in [3.05, 3.63) is 58.7 Å². The van der Waals surface area contributed by atoms with Gasteiger partial charge in [0.15, 0.2) is 25.5 Å². The van der Waals surface area contributed by atoms with Gasteiger partial charge in [-0.3, -0.25) is 4.79 Å². The second-order valence-corrected chi connectivity index (χ2v) is 12.7. The first-order valence-corrected chi connectivity index (χ1v) is 13.8. The average Bonchev–Trinajstić information content (AvgIpc) is 3.65. The zero-order chi connectivity index (χ0) is 21.7. The molecule has 7 heteroatoms. The van der Waals surface area contributed by atoms with Crippen LogP contribution < -0.4 is 0 Å². The molecule has 30 heavy (non-hydrogen) atoms. The minimum Gasteiger partial charge on any atom is -0.289 e. The van der Waals surface area contributed by atoms with Crippen molar-refractivity contribution in [1.82, 2.24) is 0 Å². The molecule has 0 heterocycles. The van der Waals surface area contributed by atoms with Gasteiger partial charge in [-0.1, -0.05) is 38.1 Å². The molecule has 2 aliphatic carbocycles. The number of sulfone groups is 2. The van der Waals surface area contributed by atoms with E-state index in [1.165, 1.54) is 12.1 Å². The Morgan fingerprint density at radius 2 is 1.10 bits per heavy atom. The summed E-state index contributed by atoms with van der Waals surface area (Å²) in [4.78, 5) is 13.6. The van der Waals surface area contributed by atoms with Crippen molar-refractivity contribution in [2.24, 2.45) is 0 Å². The Kier molecular flexibility index (Phi) is 5.39. The van der Waals surface area contributed by atoms with Gasteiger partial charge in [-0.15, -0.1) is 0 Å². The van der Waals surface area contributed by atoms with E-state index >= 15 is 0 Å². The lowest BCUT2D eigenvalue weighted by molar-refractivity contribution is 0.103. The van der Waals surface area contributed by atoms with Crippen LogP contribution in [-0.2, 0) is 19.7 Å². The molecular weight excluding hydrogens is 420 g/mol. The first kappa shape index (κ1) is 21.2. The molecule has 0 aromatic heterocycles. The molecule has 2 aromatic rings. The van der Waals surface area contributed by atoms with Crippen molar-refractivity contribution in [1.29, 1.82) is 0 Å². The molecule has 0 radical (unpaired) electrons. The van der Waals surface area contributed by atoms with Gasteiger partial charge in [0.2, 0.25) is 0 Å². The van der Waals surface area contributed by atoms with Gasteiger partial charge < -0.3 is 0 Å². The van der Waals surface area contributed by atoms with Crippen LogP contribution in [0.3, 0.4) is 0 Å². The molecule has 2 aliphatic rings. The van der Waals surface area contributed by atoms with Crippen LogP contribution in [0, 0.1) is 0 Å². The highest BCUT2D eigenvalue weighted by Gasteiger charge is 2.32. The topological polar surface area (TPSA) is 85.3 Å². The highest BCUT2D eigenvalue weighted by molar-refractivity contribution is 7.91. The summed E-state index contributed by atoms with van der Waals surface area (Å²) < 4.78 is 50.5. The van der Waals surface area contributed by atoms with Crippen molar-refractivity contribution in [2.75, 3.05) is 11.5 Å². The minimum atomic E-state index is -3.47. The summed E-state index contributed by atoms with van der Waals surface area (Å²) in [6.45, 7) is 3.19. The molecule has 2 saturated carbocycles. The SMILES string of the molecule is CCS(=O)(=O)c1cc(C(=O)c2ccc(C3CC3)c(S(=O)(=O)CC)c2)ccc1C1CC1. The monoisotopic (exact) mass is 446 g/mol. The van der Waals surface area contributed by atoms with Crippen molar-refractivity contribution >= 4 is 25.5 Å². The van der Waals surface area contributed by atoms with E-state index in [0.717, 1.165) is 36.8 Å². The summed E-state index contributed by atoms with van der Waals surface area (Å²) in [6, 6.07) is 9.75. The number of rotatable bonds is 8. The quantitative estimate of drug-likeness (QED) is 0.566. The summed E-state index contributed by atoms with van der Waals surface area (Å²) in [5.41, 5.74) is 2.11. The zero-order valence-electron chi connectivity index (χ0n) is 17.2. The minimum absolute atomic E-state index is 0.0284. The Morgan fingerprint density at radius 3 is 1.40 bits per heavy atom. The molecule has 0 unspecified atom stereocenters. The summed E-state index contributed by atoms with van der Waals surface area (Å²) >= 11 is 0. The summed E-state index contributed by atoms with van der Waals surface area (Å²) in [6.07, 6.45) is 3.83. The van der Waals surface area contributed by atoms with Crippen LogP contribution >= 0.6 is 0 Å². The largest absolute Gasteiger partial charge is 0.289 e. The summed E-state index contributed by atoms with van der Waals surface area (Å²) in [5, 5.41) is 0. The second kappa shape index (κ2) is 7.61. The van der Waals surface area contributed by atoms with E-state index in [0.29, 0.717) is 0 Å². The second-order valence-electron chi connectivity index (χ2n) is 8.19. The van der Waals surface area contributed by atoms with E-state index in [1.807, 2.05) is 0 Å². The molecule has 0 saturated heterocycles. The van der Waals surface area contributed by atoms with Gasteiger partial charge in [-0.2, -0.15) is 0 Å². The molecule has 0 N–H and O–H groups in total. The highest BCUT2D eigenvalue weighted by Crippen LogP contribution is 2.44. The maximum absolute atomic E-state index is 13.2. The number of ketones is 1. The molecule has 2 fully saturated rings. The molecule has 0 aliphatic heterocycles. The van der Waals surface area contributed by atoms with Gasteiger partial charge in [0, 0.05) is 11.1 Å². The van der Waals surface area contributed by atoms with E-state index in [4.69, 9.17) is 0 Å². The van der Waals surface area contributed by atoms with Gasteiger partial charge in [0.25, 0.3) is 0 Å². The Labute approximate surface area is 178 Å². The summed E-state index contributed by atoms with van der Waals surface area (Å²) in [5.74, 6) is 0.0626. The Hall–Kier alpha value is -1.99.